The van der Waals surface area contributed by atoms with Gasteiger partial charge in [-0.1, -0.05) is 6.92 Å². The summed E-state index contributed by atoms with van der Waals surface area (Å²) in [4.78, 5) is 16.5. The first-order valence-electron chi connectivity index (χ1n) is 7.18. The smallest absolute Gasteiger partial charge is 0.254 e. The summed E-state index contributed by atoms with van der Waals surface area (Å²) in [5, 5.41) is 0. The lowest BCUT2D eigenvalue weighted by atomic mass is 10.1. The Morgan fingerprint density at radius 2 is 2.05 bits per heavy atom. The Kier molecular flexibility index (Phi) is 5.57. The van der Waals surface area contributed by atoms with Crippen molar-refractivity contribution in [1.29, 1.82) is 0 Å². The third-order valence-corrected chi connectivity index (χ3v) is 3.98. The molecule has 19 heavy (non-hydrogen) atoms. The van der Waals surface area contributed by atoms with E-state index in [1.165, 1.54) is 0 Å². The summed E-state index contributed by atoms with van der Waals surface area (Å²) in [7, 11) is 0. The van der Waals surface area contributed by atoms with Crippen molar-refractivity contribution in [2.75, 3.05) is 52.5 Å². The van der Waals surface area contributed by atoms with Crippen LogP contribution in [0.5, 0.6) is 0 Å². The maximum atomic E-state index is 12.2. The maximum Gasteiger partial charge on any atom is 0.254 e. The van der Waals surface area contributed by atoms with Gasteiger partial charge in [0.25, 0.3) is 5.91 Å². The lowest BCUT2D eigenvalue weighted by molar-refractivity contribution is -0.159. The zero-order valence-electron chi connectivity index (χ0n) is 11.7. The highest BCUT2D eigenvalue weighted by Gasteiger charge is 2.30. The monoisotopic (exact) mass is 271 g/mol. The number of nitrogens with two attached hydrogens (primary N) is 1. The summed E-state index contributed by atoms with van der Waals surface area (Å²) >= 11 is 0. The molecular formula is C13H25N3O3. The Morgan fingerprint density at radius 3 is 2.58 bits per heavy atom. The quantitative estimate of drug-likeness (QED) is 0.731. The SMILES string of the molecule is CCC(CN)N1CCN(C(=O)C2COCCO2)CC1. The summed E-state index contributed by atoms with van der Waals surface area (Å²) in [6.07, 6.45) is 0.654. The molecule has 2 saturated heterocycles. The van der Waals surface area contributed by atoms with E-state index >= 15 is 0 Å². The van der Waals surface area contributed by atoms with Crippen LogP contribution in [0.25, 0.3) is 0 Å². The fourth-order valence-electron chi connectivity index (χ4n) is 2.72. The number of nitrogens with zero attached hydrogens (tertiary/aromatic N) is 2. The second-order valence-electron chi connectivity index (χ2n) is 5.09. The summed E-state index contributed by atoms with van der Waals surface area (Å²) in [6, 6.07) is 0.437. The number of amides is 1. The van der Waals surface area contributed by atoms with Gasteiger partial charge in [-0.05, 0) is 6.42 Å². The number of carbonyl (C=O) groups excluding carboxylic acids is 1. The molecule has 2 aliphatic heterocycles. The van der Waals surface area contributed by atoms with Crippen LogP contribution in [0.1, 0.15) is 13.3 Å². The Balaban J connectivity index is 1.80. The Morgan fingerprint density at radius 1 is 1.32 bits per heavy atom. The van der Waals surface area contributed by atoms with Crippen molar-refractivity contribution in [3.63, 3.8) is 0 Å². The molecule has 1 amide bonds. The molecule has 6 heteroatoms. The molecule has 110 valence electrons. The van der Waals surface area contributed by atoms with Crippen molar-refractivity contribution < 1.29 is 14.3 Å². The lowest BCUT2D eigenvalue weighted by Gasteiger charge is -2.40. The van der Waals surface area contributed by atoms with Crippen LogP contribution in [0, 0.1) is 0 Å². The topological polar surface area (TPSA) is 68.0 Å². The first kappa shape index (κ1) is 14.7. The highest BCUT2D eigenvalue weighted by Crippen LogP contribution is 2.12. The zero-order chi connectivity index (χ0) is 13.7. The molecule has 0 aromatic rings. The molecule has 2 rings (SSSR count). The van der Waals surface area contributed by atoms with Gasteiger partial charge in [0.15, 0.2) is 6.10 Å². The van der Waals surface area contributed by atoms with E-state index in [-0.39, 0.29) is 5.91 Å². The minimum Gasteiger partial charge on any atom is -0.376 e. The van der Waals surface area contributed by atoms with Crippen LogP contribution >= 0.6 is 0 Å². The number of carbonyl (C=O) groups is 1. The van der Waals surface area contributed by atoms with Gasteiger partial charge in [0, 0.05) is 38.8 Å². The van der Waals surface area contributed by atoms with Crippen LogP contribution in [0.15, 0.2) is 0 Å². The van der Waals surface area contributed by atoms with Gasteiger partial charge in [-0.2, -0.15) is 0 Å². The summed E-state index contributed by atoms with van der Waals surface area (Å²) in [5.74, 6) is 0.0696. The van der Waals surface area contributed by atoms with Gasteiger partial charge in [-0.25, -0.2) is 0 Å². The number of rotatable bonds is 4. The number of hydrogen-bond acceptors (Lipinski definition) is 5. The van der Waals surface area contributed by atoms with Gasteiger partial charge in [-0.15, -0.1) is 0 Å². The van der Waals surface area contributed by atoms with E-state index in [4.69, 9.17) is 15.2 Å². The first-order chi connectivity index (χ1) is 9.26. The van der Waals surface area contributed by atoms with E-state index in [1.807, 2.05) is 4.90 Å². The molecule has 0 aromatic heterocycles. The number of hydrogen-bond donors (Lipinski definition) is 1. The van der Waals surface area contributed by atoms with Crippen molar-refractivity contribution >= 4 is 5.91 Å². The van der Waals surface area contributed by atoms with Gasteiger partial charge in [-0.3, -0.25) is 9.69 Å². The molecule has 2 fully saturated rings. The molecule has 6 nitrogen and oxygen atoms in total. The third kappa shape index (κ3) is 3.66. The minimum atomic E-state index is -0.406. The molecule has 2 N–H and O–H groups in total. The number of ether oxygens (including phenoxy) is 2. The molecule has 0 aliphatic carbocycles. The Hall–Kier alpha value is -0.690. The fraction of sp³-hybridized carbons (Fsp3) is 0.923. The van der Waals surface area contributed by atoms with Gasteiger partial charge in [0.05, 0.1) is 19.8 Å². The highest BCUT2D eigenvalue weighted by molar-refractivity contribution is 5.81. The van der Waals surface area contributed by atoms with Crippen LogP contribution in [-0.2, 0) is 14.3 Å². The average Bonchev–Trinajstić information content (AvgIpc) is 2.49. The molecule has 0 radical (unpaired) electrons. The van der Waals surface area contributed by atoms with Crippen LogP contribution in [-0.4, -0.2) is 80.4 Å². The van der Waals surface area contributed by atoms with Crippen molar-refractivity contribution in [2.24, 2.45) is 5.73 Å². The summed E-state index contributed by atoms with van der Waals surface area (Å²) in [5.41, 5.74) is 5.77. The van der Waals surface area contributed by atoms with Gasteiger partial charge in [0.1, 0.15) is 0 Å². The van der Waals surface area contributed by atoms with Gasteiger partial charge in [0.2, 0.25) is 0 Å². The predicted octanol–water partition coefficient (Wildman–Crippen LogP) is -0.717. The van der Waals surface area contributed by atoms with Crippen LogP contribution in [0.4, 0.5) is 0 Å². The zero-order valence-corrected chi connectivity index (χ0v) is 11.7. The lowest BCUT2D eigenvalue weighted by Crippen LogP contribution is -2.56. The summed E-state index contributed by atoms with van der Waals surface area (Å²) < 4.78 is 10.7. The van der Waals surface area contributed by atoms with Crippen molar-refractivity contribution in [3.05, 3.63) is 0 Å². The molecule has 2 heterocycles. The van der Waals surface area contributed by atoms with Crippen LogP contribution in [0.2, 0.25) is 0 Å². The fourth-order valence-corrected chi connectivity index (χ4v) is 2.72. The van der Waals surface area contributed by atoms with E-state index in [9.17, 15) is 4.79 Å². The van der Waals surface area contributed by atoms with E-state index < -0.39 is 6.10 Å². The van der Waals surface area contributed by atoms with Gasteiger partial charge >= 0.3 is 0 Å². The normalized spacial score (nSPS) is 27.3. The summed E-state index contributed by atoms with van der Waals surface area (Å²) in [6.45, 7) is 7.65. The highest BCUT2D eigenvalue weighted by atomic mass is 16.6. The van der Waals surface area contributed by atoms with Gasteiger partial charge < -0.3 is 20.1 Å². The molecule has 0 bridgehead atoms. The first-order valence-corrected chi connectivity index (χ1v) is 7.18. The second-order valence-corrected chi connectivity index (χ2v) is 5.09. The largest absolute Gasteiger partial charge is 0.376 e. The van der Waals surface area contributed by atoms with E-state index in [2.05, 4.69) is 11.8 Å². The predicted molar refractivity (Wildman–Crippen MR) is 71.8 cm³/mol. The number of piperazine rings is 1. The minimum absolute atomic E-state index is 0.0696. The van der Waals surface area contributed by atoms with Crippen molar-refractivity contribution in [2.45, 2.75) is 25.5 Å². The van der Waals surface area contributed by atoms with E-state index in [0.717, 1.165) is 32.6 Å². The molecule has 2 unspecified atom stereocenters. The standard InChI is InChI=1S/C13H25N3O3/c1-2-11(9-14)15-3-5-16(6-4-15)13(17)12-10-18-7-8-19-12/h11-12H,2-10,14H2,1H3. The third-order valence-electron chi connectivity index (χ3n) is 3.98. The molecular weight excluding hydrogens is 246 g/mol. The average molecular weight is 271 g/mol. The van der Waals surface area contributed by atoms with Crippen molar-refractivity contribution in [3.8, 4) is 0 Å². The van der Waals surface area contributed by atoms with E-state index in [0.29, 0.717) is 32.4 Å². The van der Waals surface area contributed by atoms with Crippen LogP contribution in [0.3, 0.4) is 0 Å². The van der Waals surface area contributed by atoms with E-state index in [1.54, 1.807) is 0 Å². The molecule has 0 spiro atoms. The van der Waals surface area contributed by atoms with Crippen LogP contribution < -0.4 is 5.73 Å². The molecule has 0 saturated carbocycles. The molecule has 2 atom stereocenters. The Bertz CT molecular complexity index is 283. The molecule has 2 aliphatic rings. The second kappa shape index (κ2) is 7.19. The van der Waals surface area contributed by atoms with Crippen molar-refractivity contribution in [1.82, 2.24) is 9.80 Å². The maximum absolute atomic E-state index is 12.2. The Labute approximate surface area is 114 Å². The molecule has 0 aromatic carbocycles.